The lowest BCUT2D eigenvalue weighted by molar-refractivity contribution is -0.310. The van der Waals surface area contributed by atoms with Gasteiger partial charge in [-0.1, -0.05) is 25.6 Å². The second-order valence-electron chi connectivity index (χ2n) is 8.58. The van der Waals surface area contributed by atoms with E-state index in [-0.39, 0.29) is 31.9 Å². The third kappa shape index (κ3) is 11.4. The smallest absolute Gasteiger partial charge is 0.409 e. The maximum atomic E-state index is 13.1. The fourth-order valence-corrected chi connectivity index (χ4v) is 5.00. The number of benzene rings is 1. The molecule has 0 fully saturated rings. The Morgan fingerprint density at radius 2 is 1.60 bits per heavy atom. The summed E-state index contributed by atoms with van der Waals surface area (Å²) in [4.78, 5) is 46.4. The van der Waals surface area contributed by atoms with Crippen molar-refractivity contribution >= 4 is 48.4 Å². The van der Waals surface area contributed by atoms with Crippen molar-refractivity contribution in [3.8, 4) is 5.75 Å². The summed E-state index contributed by atoms with van der Waals surface area (Å²) in [7, 11) is -2.62. The molecule has 0 unspecified atom stereocenters. The van der Waals surface area contributed by atoms with E-state index < -0.39 is 39.5 Å². The van der Waals surface area contributed by atoms with E-state index >= 15 is 0 Å². The van der Waals surface area contributed by atoms with Gasteiger partial charge in [0.2, 0.25) is 19.5 Å². The van der Waals surface area contributed by atoms with Gasteiger partial charge in [0.25, 0.3) is 0 Å². The fourth-order valence-electron chi connectivity index (χ4n) is 3.26. The number of aromatic nitrogens is 4. The van der Waals surface area contributed by atoms with Gasteiger partial charge in [-0.15, -0.1) is 9.35 Å². The van der Waals surface area contributed by atoms with E-state index in [9.17, 15) is 14.2 Å². The van der Waals surface area contributed by atoms with Crippen LogP contribution in [-0.2, 0) is 54.0 Å². The number of anilines is 1. The summed E-state index contributed by atoms with van der Waals surface area (Å²) in [5.41, 5.74) is 6.96. The first kappa shape index (κ1) is 34.2. The predicted molar refractivity (Wildman–Crippen MR) is 151 cm³/mol. The van der Waals surface area contributed by atoms with Crippen LogP contribution >= 0.6 is 19.4 Å². The van der Waals surface area contributed by atoms with Gasteiger partial charge in [-0.3, -0.25) is 14.2 Å². The number of nitrogen functional groups attached to an aromatic ring is 1. The Labute approximate surface area is 251 Å². The van der Waals surface area contributed by atoms with Crippen molar-refractivity contribution in [1.82, 2.24) is 19.5 Å². The number of methoxy groups -OCH3 is 1. The van der Waals surface area contributed by atoms with Crippen LogP contribution in [0.1, 0.15) is 39.5 Å². The zero-order valence-corrected chi connectivity index (χ0v) is 25.7. The number of nitrogens with zero attached hydrogens (tertiary/aromatic N) is 4. The lowest BCUT2D eigenvalue weighted by Gasteiger charge is -2.16. The van der Waals surface area contributed by atoms with Crippen LogP contribution in [0.25, 0.3) is 11.2 Å². The second kappa shape index (κ2) is 17.7. The highest BCUT2D eigenvalue weighted by Gasteiger charge is 2.29. The number of ether oxygens (including phenoxy) is 4. The quantitative estimate of drug-likeness (QED) is 0.0349. The molecular weight excluding hydrogens is 609 g/mol. The lowest BCUT2D eigenvalue weighted by atomic mass is 10.3. The minimum absolute atomic E-state index is 0.00397. The van der Waals surface area contributed by atoms with Gasteiger partial charge in [-0.2, -0.15) is 14.8 Å². The molecule has 0 bridgehead atoms. The van der Waals surface area contributed by atoms with Gasteiger partial charge in [0, 0.05) is 24.3 Å². The molecule has 0 saturated heterocycles. The van der Waals surface area contributed by atoms with E-state index in [1.807, 2.05) is 24.3 Å². The van der Waals surface area contributed by atoms with Crippen LogP contribution in [0.4, 0.5) is 5.95 Å². The first-order valence-corrected chi connectivity index (χ1v) is 15.7. The van der Waals surface area contributed by atoms with E-state index in [0.29, 0.717) is 29.0 Å². The maximum Gasteiger partial charge on any atom is 0.409 e. The number of hydrogen-bond donors (Lipinski definition) is 1. The van der Waals surface area contributed by atoms with Crippen LogP contribution in [0.5, 0.6) is 5.75 Å². The average molecular weight is 644 g/mol. The highest BCUT2D eigenvalue weighted by molar-refractivity contribution is 7.99. The molecule has 2 aromatic heterocycles. The molecule has 1 aromatic carbocycles. The van der Waals surface area contributed by atoms with Crippen molar-refractivity contribution in [2.45, 2.75) is 56.0 Å². The van der Waals surface area contributed by atoms with Gasteiger partial charge in [0.05, 0.1) is 20.0 Å². The highest BCUT2D eigenvalue weighted by Crippen LogP contribution is 2.48. The Bertz CT molecular complexity index is 1350. The normalized spacial score (nSPS) is 11.5. The number of esters is 2. The summed E-state index contributed by atoms with van der Waals surface area (Å²) >= 11 is 1.37. The summed E-state index contributed by atoms with van der Waals surface area (Å²) in [6.45, 7) is 2.55. The largest absolute Gasteiger partial charge is 0.497 e. The SMILES string of the molecule is CCCC(=O)OCOOP(=O)(COCCn1cnc2c(Sc3ccc(OC)cc3)nc(N)nc21)OOCOC(=O)CCC. The standard InChI is InChI=1S/C25H34N5O11PS/c1-4-6-20(31)36-15-38-40-42(33,41-39-16-37-21(32)7-5-2)17-35-13-12-30-14-27-22-23(30)28-25(26)29-24(22)43-19-10-8-18(34-3)9-11-19/h8-11,14H,4-7,12-13,15-17H2,1-3H3,(H2,26,28,29). The summed E-state index contributed by atoms with van der Waals surface area (Å²) in [5, 5.41) is 0.562. The summed E-state index contributed by atoms with van der Waals surface area (Å²) in [6.07, 6.45) is 2.43. The molecule has 0 saturated carbocycles. The Morgan fingerprint density at radius 3 is 2.19 bits per heavy atom. The number of imidazole rings is 1. The molecule has 16 nitrogen and oxygen atoms in total. The van der Waals surface area contributed by atoms with Crippen LogP contribution in [0.3, 0.4) is 0 Å². The van der Waals surface area contributed by atoms with Crippen LogP contribution < -0.4 is 10.5 Å². The molecule has 0 aliphatic rings. The number of carbonyl (C=O) groups is 2. The number of nitrogens with two attached hydrogens (primary N) is 1. The molecule has 3 rings (SSSR count). The zero-order chi connectivity index (χ0) is 31.1. The molecule has 2 N–H and O–H groups in total. The highest BCUT2D eigenvalue weighted by atomic mass is 32.2. The Kier molecular flexibility index (Phi) is 14.1. The topological polar surface area (TPSA) is 195 Å². The fraction of sp³-hybridized carbons (Fsp3) is 0.480. The van der Waals surface area contributed by atoms with Crippen LogP contribution in [0, 0.1) is 0 Å². The Hall–Kier alpha value is -3.31. The average Bonchev–Trinajstić information content (AvgIpc) is 3.39. The molecule has 236 valence electrons. The van der Waals surface area contributed by atoms with Crippen molar-refractivity contribution in [2.75, 3.05) is 39.4 Å². The van der Waals surface area contributed by atoms with Crippen LogP contribution in [0.2, 0.25) is 0 Å². The maximum absolute atomic E-state index is 13.1. The van der Waals surface area contributed by atoms with Gasteiger partial charge in [0.15, 0.2) is 12.0 Å². The molecule has 0 amide bonds. The minimum atomic E-state index is -4.22. The van der Waals surface area contributed by atoms with Crippen molar-refractivity contribution in [3.05, 3.63) is 30.6 Å². The third-order valence-electron chi connectivity index (χ3n) is 5.23. The number of rotatable bonds is 20. The molecule has 2 heterocycles. The van der Waals surface area contributed by atoms with Crippen LogP contribution in [-0.4, -0.2) is 65.1 Å². The van der Waals surface area contributed by atoms with E-state index in [4.69, 9.17) is 43.8 Å². The Balaban J connectivity index is 1.58. The second-order valence-corrected chi connectivity index (χ2v) is 11.4. The van der Waals surface area contributed by atoms with Crippen molar-refractivity contribution < 1.29 is 52.2 Å². The molecule has 3 aromatic rings. The van der Waals surface area contributed by atoms with E-state index in [0.717, 1.165) is 10.6 Å². The van der Waals surface area contributed by atoms with Gasteiger partial charge < -0.3 is 29.2 Å². The van der Waals surface area contributed by atoms with Gasteiger partial charge in [-0.25, -0.2) is 9.97 Å². The van der Waals surface area contributed by atoms with E-state index in [2.05, 4.69) is 15.0 Å². The monoisotopic (exact) mass is 643 g/mol. The van der Waals surface area contributed by atoms with Crippen molar-refractivity contribution in [3.63, 3.8) is 0 Å². The molecule has 0 aliphatic heterocycles. The predicted octanol–water partition coefficient (Wildman–Crippen LogP) is 4.23. The first-order chi connectivity index (χ1) is 20.8. The molecule has 43 heavy (non-hydrogen) atoms. The molecule has 0 atom stereocenters. The summed E-state index contributed by atoms with van der Waals surface area (Å²) < 4.78 is 44.7. The molecule has 18 heteroatoms. The summed E-state index contributed by atoms with van der Waals surface area (Å²) in [6, 6.07) is 7.44. The van der Waals surface area contributed by atoms with Crippen LogP contribution in [0.15, 0.2) is 40.5 Å². The van der Waals surface area contributed by atoms with Gasteiger partial charge in [0.1, 0.15) is 16.3 Å². The summed E-state index contributed by atoms with van der Waals surface area (Å²) in [5.74, 6) is -0.268. The third-order valence-corrected chi connectivity index (χ3v) is 7.38. The molecular formula is C25H34N5O11PS. The molecule has 0 aliphatic carbocycles. The number of hydrogen-bond acceptors (Lipinski definition) is 16. The van der Waals surface area contributed by atoms with Crippen molar-refractivity contribution in [1.29, 1.82) is 0 Å². The molecule has 0 spiro atoms. The Morgan fingerprint density at radius 1 is 0.977 bits per heavy atom. The van der Waals surface area contributed by atoms with E-state index in [1.165, 1.54) is 11.8 Å². The van der Waals surface area contributed by atoms with Gasteiger partial charge >= 0.3 is 19.5 Å². The number of fused-ring (bicyclic) bond motifs is 1. The minimum Gasteiger partial charge on any atom is -0.497 e. The van der Waals surface area contributed by atoms with E-state index in [1.54, 1.807) is 31.9 Å². The van der Waals surface area contributed by atoms with Crippen molar-refractivity contribution in [2.24, 2.45) is 0 Å². The number of carbonyl (C=O) groups excluding carboxylic acids is 2. The lowest BCUT2D eigenvalue weighted by Crippen LogP contribution is -2.13. The van der Waals surface area contributed by atoms with Gasteiger partial charge in [-0.05, 0) is 37.1 Å². The molecule has 0 radical (unpaired) electrons. The first-order valence-electron chi connectivity index (χ1n) is 13.2. The zero-order valence-electron chi connectivity index (χ0n) is 24.0.